The molecule has 3 N–H and O–H groups in total. The summed E-state index contributed by atoms with van der Waals surface area (Å²) in [6.07, 6.45) is -4.45. The van der Waals surface area contributed by atoms with Gasteiger partial charge in [-0.1, -0.05) is 17.2 Å². The predicted molar refractivity (Wildman–Crippen MR) is 138 cm³/mol. The van der Waals surface area contributed by atoms with Gasteiger partial charge in [-0.05, 0) is 57.0 Å². The molecule has 5 rings (SSSR count). The summed E-state index contributed by atoms with van der Waals surface area (Å²) in [6.45, 7) is 4.63. The Morgan fingerprint density at radius 1 is 1.13 bits per heavy atom. The van der Waals surface area contributed by atoms with Crippen molar-refractivity contribution in [3.05, 3.63) is 69.0 Å². The van der Waals surface area contributed by atoms with Crippen molar-refractivity contribution in [3.8, 4) is 16.9 Å². The highest BCUT2D eigenvalue weighted by Crippen LogP contribution is 2.38. The molecule has 1 unspecified atom stereocenters. The number of carbonyl (C=O) groups is 1. The van der Waals surface area contributed by atoms with Crippen LogP contribution in [0, 0.1) is 13.8 Å². The standard InChI is InChI=1S/C27H28F3N5O3/c1-15-9-16(2)11-17(10-15)24-20-6-8-34(14-23(31)37)25(20)26(38)35(32-24)22-12-18(33-7-5-19(36)13-33)3-4-21(22)27(28,29)30/h3-4,9-12,19,36H,5-8,13-14H2,1-2H3,(H2,31,37). The van der Waals surface area contributed by atoms with E-state index in [1.165, 1.54) is 17.0 Å². The number of carbonyl (C=O) groups excluding carboxylic acids is 1. The number of anilines is 2. The smallest absolute Gasteiger partial charge is 0.391 e. The van der Waals surface area contributed by atoms with E-state index in [1.807, 2.05) is 32.0 Å². The van der Waals surface area contributed by atoms with Crippen LogP contribution in [-0.2, 0) is 17.4 Å². The predicted octanol–water partition coefficient (Wildman–Crippen LogP) is 2.95. The molecule has 1 amide bonds. The van der Waals surface area contributed by atoms with Crippen molar-refractivity contribution in [1.82, 2.24) is 9.78 Å². The first kappa shape index (κ1) is 25.8. The fourth-order valence-corrected chi connectivity index (χ4v) is 5.43. The van der Waals surface area contributed by atoms with Crippen molar-refractivity contribution in [2.45, 2.75) is 39.0 Å². The van der Waals surface area contributed by atoms with Gasteiger partial charge in [0.2, 0.25) is 5.91 Å². The van der Waals surface area contributed by atoms with Crippen molar-refractivity contribution in [3.63, 3.8) is 0 Å². The molecule has 3 aromatic rings. The van der Waals surface area contributed by atoms with E-state index in [4.69, 9.17) is 5.73 Å². The van der Waals surface area contributed by atoms with Gasteiger partial charge in [-0.3, -0.25) is 9.59 Å². The number of hydrogen-bond acceptors (Lipinski definition) is 6. The largest absolute Gasteiger partial charge is 0.418 e. The monoisotopic (exact) mass is 527 g/mol. The lowest BCUT2D eigenvalue weighted by Crippen LogP contribution is -2.37. The lowest BCUT2D eigenvalue weighted by Gasteiger charge is -2.23. The van der Waals surface area contributed by atoms with E-state index in [-0.39, 0.29) is 18.8 Å². The number of alkyl halides is 3. The first-order chi connectivity index (χ1) is 17.9. The van der Waals surface area contributed by atoms with Gasteiger partial charge in [0.25, 0.3) is 5.56 Å². The summed E-state index contributed by atoms with van der Waals surface area (Å²) in [5.41, 5.74) is 7.31. The maximum absolute atomic E-state index is 14.2. The van der Waals surface area contributed by atoms with Crippen molar-refractivity contribution < 1.29 is 23.1 Å². The Morgan fingerprint density at radius 3 is 2.45 bits per heavy atom. The van der Waals surface area contributed by atoms with Crippen molar-refractivity contribution in [1.29, 1.82) is 0 Å². The van der Waals surface area contributed by atoms with E-state index in [2.05, 4.69) is 5.10 Å². The third-order valence-corrected chi connectivity index (χ3v) is 7.00. The summed E-state index contributed by atoms with van der Waals surface area (Å²) < 4.78 is 43.5. The van der Waals surface area contributed by atoms with Crippen LogP contribution in [0.15, 0.2) is 41.2 Å². The second-order valence-corrected chi connectivity index (χ2v) is 9.99. The summed E-state index contributed by atoms with van der Waals surface area (Å²) in [7, 11) is 0. The maximum Gasteiger partial charge on any atom is 0.418 e. The minimum Gasteiger partial charge on any atom is -0.391 e. The van der Waals surface area contributed by atoms with E-state index in [1.54, 1.807) is 4.90 Å². The normalized spacial score (nSPS) is 17.3. The van der Waals surface area contributed by atoms with Crippen LogP contribution in [0.4, 0.5) is 24.5 Å². The number of hydrogen-bond donors (Lipinski definition) is 2. The van der Waals surface area contributed by atoms with Crippen LogP contribution in [0.5, 0.6) is 0 Å². The SMILES string of the molecule is Cc1cc(C)cc(-c2nn(-c3cc(N4CCC(O)C4)ccc3C(F)(F)F)c(=O)c3c2CCN3CC(N)=O)c1. The number of benzene rings is 2. The zero-order valence-corrected chi connectivity index (χ0v) is 21.0. The number of nitrogens with two attached hydrogens (primary N) is 1. The average molecular weight is 528 g/mol. The minimum absolute atomic E-state index is 0.128. The highest BCUT2D eigenvalue weighted by molar-refractivity contribution is 5.82. The molecule has 11 heteroatoms. The molecule has 0 saturated carbocycles. The van der Waals surface area contributed by atoms with Crippen molar-refractivity contribution in [2.75, 3.05) is 36.0 Å². The van der Waals surface area contributed by atoms with E-state index in [9.17, 15) is 27.9 Å². The lowest BCUT2D eigenvalue weighted by atomic mass is 10.0. The summed E-state index contributed by atoms with van der Waals surface area (Å²) in [5.74, 6) is -0.654. The number of rotatable bonds is 5. The van der Waals surface area contributed by atoms with Gasteiger partial charge >= 0.3 is 6.18 Å². The molecule has 1 aromatic heterocycles. The Hall–Kier alpha value is -3.86. The van der Waals surface area contributed by atoms with Gasteiger partial charge in [0, 0.05) is 36.4 Å². The highest BCUT2D eigenvalue weighted by Gasteiger charge is 2.37. The van der Waals surface area contributed by atoms with Gasteiger partial charge in [0.1, 0.15) is 5.69 Å². The first-order valence-electron chi connectivity index (χ1n) is 12.3. The molecule has 0 bridgehead atoms. The van der Waals surface area contributed by atoms with E-state index in [0.717, 1.165) is 21.9 Å². The molecule has 0 aliphatic carbocycles. The Kier molecular flexibility index (Phi) is 6.42. The zero-order valence-electron chi connectivity index (χ0n) is 21.0. The number of fused-ring (bicyclic) bond motifs is 1. The van der Waals surface area contributed by atoms with Gasteiger partial charge in [-0.25, -0.2) is 0 Å². The molecule has 2 aliphatic rings. The fourth-order valence-electron chi connectivity index (χ4n) is 5.43. The quantitative estimate of drug-likeness (QED) is 0.529. The molecule has 3 heterocycles. The van der Waals surface area contributed by atoms with Crippen LogP contribution in [0.2, 0.25) is 0 Å². The third kappa shape index (κ3) is 4.73. The van der Waals surface area contributed by atoms with Crippen LogP contribution in [-0.4, -0.2) is 53.1 Å². The summed E-state index contributed by atoms with van der Waals surface area (Å²) in [5, 5.41) is 14.5. The molecule has 0 radical (unpaired) electrons. The van der Waals surface area contributed by atoms with Crippen molar-refractivity contribution in [2.24, 2.45) is 5.73 Å². The number of aliphatic hydroxyl groups is 1. The molecule has 200 valence electrons. The molecule has 2 aliphatic heterocycles. The van der Waals surface area contributed by atoms with Gasteiger partial charge in [-0.15, -0.1) is 0 Å². The molecule has 38 heavy (non-hydrogen) atoms. The maximum atomic E-state index is 14.2. The minimum atomic E-state index is -4.76. The van der Waals surface area contributed by atoms with E-state index >= 15 is 0 Å². The summed E-state index contributed by atoms with van der Waals surface area (Å²) in [6, 6.07) is 9.28. The van der Waals surface area contributed by atoms with E-state index < -0.39 is 35.0 Å². The molecular weight excluding hydrogens is 499 g/mol. The number of aliphatic hydroxyl groups excluding tert-OH is 1. The van der Waals surface area contributed by atoms with Crippen molar-refractivity contribution >= 4 is 17.3 Å². The number of primary amides is 1. The number of β-amino-alcohol motifs (C(OH)–C–C–N with tert-alkyl or cyclic N) is 1. The van der Waals surface area contributed by atoms with Crippen LogP contribution in [0.1, 0.15) is 28.7 Å². The molecule has 1 atom stereocenters. The Bertz CT molecular complexity index is 1460. The summed E-state index contributed by atoms with van der Waals surface area (Å²) >= 11 is 0. The molecule has 1 saturated heterocycles. The fraction of sp³-hybridized carbons (Fsp3) is 0.370. The first-order valence-corrected chi connectivity index (χ1v) is 12.3. The van der Waals surface area contributed by atoms with Gasteiger partial charge in [0.15, 0.2) is 0 Å². The van der Waals surface area contributed by atoms with E-state index in [0.29, 0.717) is 48.4 Å². The van der Waals surface area contributed by atoms with Crippen LogP contribution < -0.4 is 21.1 Å². The van der Waals surface area contributed by atoms with Gasteiger partial charge in [-0.2, -0.15) is 23.0 Å². The number of aryl methyl sites for hydroxylation is 2. The third-order valence-electron chi connectivity index (χ3n) is 7.00. The molecule has 1 fully saturated rings. The topological polar surface area (TPSA) is 105 Å². The number of nitrogens with zero attached hydrogens (tertiary/aromatic N) is 4. The summed E-state index contributed by atoms with van der Waals surface area (Å²) in [4.78, 5) is 28.9. The second kappa shape index (κ2) is 9.46. The Labute approximate surface area is 217 Å². The zero-order chi connectivity index (χ0) is 27.4. The molecule has 8 nitrogen and oxygen atoms in total. The highest BCUT2D eigenvalue weighted by atomic mass is 19.4. The second-order valence-electron chi connectivity index (χ2n) is 9.99. The van der Waals surface area contributed by atoms with Crippen LogP contribution >= 0.6 is 0 Å². The van der Waals surface area contributed by atoms with Gasteiger partial charge < -0.3 is 20.6 Å². The molecule has 2 aromatic carbocycles. The molecular formula is C27H28F3N5O3. The Morgan fingerprint density at radius 2 is 1.84 bits per heavy atom. The van der Waals surface area contributed by atoms with Crippen LogP contribution in [0.25, 0.3) is 16.9 Å². The number of halogens is 3. The van der Waals surface area contributed by atoms with Gasteiger partial charge in [0.05, 0.1) is 29.6 Å². The Balaban J connectivity index is 1.79. The number of amides is 1. The molecule has 0 spiro atoms. The number of aromatic nitrogens is 2. The van der Waals surface area contributed by atoms with Crippen LogP contribution in [0.3, 0.4) is 0 Å². The lowest BCUT2D eigenvalue weighted by molar-refractivity contribution is -0.137. The average Bonchev–Trinajstić information content (AvgIpc) is 3.44.